The highest BCUT2D eigenvalue weighted by molar-refractivity contribution is 7.99. The van der Waals surface area contributed by atoms with Crippen molar-refractivity contribution >= 4 is 28.4 Å². The van der Waals surface area contributed by atoms with E-state index in [1.165, 1.54) is 11.8 Å². The van der Waals surface area contributed by atoms with E-state index >= 15 is 0 Å². The fourth-order valence-electron chi connectivity index (χ4n) is 4.74. The van der Waals surface area contributed by atoms with Gasteiger partial charge in [0.2, 0.25) is 0 Å². The zero-order valence-corrected chi connectivity index (χ0v) is 23.7. The number of carbonyl (C=O) groups excluding carboxylic acids is 1. The molecule has 0 aliphatic rings. The smallest absolute Gasteiger partial charge is 0.265 e. The number of fused-ring (bicyclic) bond motifs is 1. The van der Waals surface area contributed by atoms with Gasteiger partial charge in [0.25, 0.3) is 5.91 Å². The third-order valence-electron chi connectivity index (χ3n) is 6.78. The van der Waals surface area contributed by atoms with Crippen LogP contribution in [0.1, 0.15) is 28.1 Å². The van der Waals surface area contributed by atoms with Crippen LogP contribution in [-0.4, -0.2) is 31.5 Å². The van der Waals surface area contributed by atoms with Crippen molar-refractivity contribution in [3.05, 3.63) is 130 Å². The van der Waals surface area contributed by atoms with Gasteiger partial charge in [-0.25, -0.2) is 0 Å². The van der Waals surface area contributed by atoms with E-state index in [9.17, 15) is 15.2 Å². The van der Waals surface area contributed by atoms with Crippen LogP contribution in [0.4, 0.5) is 0 Å². The lowest BCUT2D eigenvalue weighted by atomic mass is 10.0. The van der Waals surface area contributed by atoms with Gasteiger partial charge in [0.1, 0.15) is 17.7 Å². The van der Waals surface area contributed by atoms with Gasteiger partial charge >= 0.3 is 0 Å². The van der Waals surface area contributed by atoms with E-state index in [0.717, 1.165) is 44.5 Å². The number of nitrogens with one attached hydrogen (secondary N) is 1. The summed E-state index contributed by atoms with van der Waals surface area (Å²) in [6, 6.07) is 31.9. The lowest BCUT2D eigenvalue weighted by molar-refractivity contribution is -0.117. The summed E-state index contributed by atoms with van der Waals surface area (Å²) in [6.45, 7) is 4.34. The van der Waals surface area contributed by atoms with Crippen molar-refractivity contribution in [1.29, 1.82) is 5.26 Å². The quantitative estimate of drug-likeness (QED) is 0.0941. The van der Waals surface area contributed by atoms with E-state index in [1.807, 2.05) is 85.1 Å². The highest BCUT2D eigenvalue weighted by Gasteiger charge is 2.20. The summed E-state index contributed by atoms with van der Waals surface area (Å²) in [7, 11) is 0. The van der Waals surface area contributed by atoms with Gasteiger partial charge in [-0.2, -0.15) is 5.26 Å². The first kappa shape index (κ1) is 27.7. The van der Waals surface area contributed by atoms with E-state index in [0.29, 0.717) is 11.6 Å². The number of rotatable bonds is 9. The van der Waals surface area contributed by atoms with Gasteiger partial charge in [-0.05, 0) is 47.4 Å². The van der Waals surface area contributed by atoms with Crippen LogP contribution in [-0.2, 0) is 17.8 Å². The maximum atomic E-state index is 12.7. The van der Waals surface area contributed by atoms with Crippen molar-refractivity contribution in [2.24, 2.45) is 0 Å². The second-order valence-corrected chi connectivity index (χ2v) is 10.7. The fraction of sp³-hybridized carbons (Fsp3) is 0.152. The van der Waals surface area contributed by atoms with Crippen molar-refractivity contribution in [2.75, 3.05) is 5.75 Å². The molecule has 204 valence electrons. The number of thioether (sulfide) groups is 1. The van der Waals surface area contributed by atoms with Crippen LogP contribution in [0.2, 0.25) is 0 Å². The van der Waals surface area contributed by atoms with Crippen LogP contribution in [0.3, 0.4) is 0 Å². The zero-order valence-electron chi connectivity index (χ0n) is 22.8. The van der Waals surface area contributed by atoms with Gasteiger partial charge in [-0.1, -0.05) is 102 Å². The standard InChI is InChI=1S/C33H29N5O2S/c1-22-15-16-29(23(2)17-22)38-31(18-26-13-8-12-25-11-6-7-14-27(25)26)36-37-33(38)41-21-30(39)28(19-34)32(40)35-20-24-9-4-3-5-10-24/h3-17,39H,18,20-21H2,1-2H3,(H,35,40). The molecule has 0 fully saturated rings. The first-order valence-electron chi connectivity index (χ1n) is 13.2. The Kier molecular flexibility index (Phi) is 8.47. The Labute approximate surface area is 243 Å². The molecule has 0 unspecified atom stereocenters. The number of hydrogen-bond acceptors (Lipinski definition) is 6. The number of aromatic nitrogens is 3. The van der Waals surface area contributed by atoms with E-state index in [1.54, 1.807) is 0 Å². The Hall–Kier alpha value is -4.87. The van der Waals surface area contributed by atoms with E-state index in [4.69, 9.17) is 0 Å². The molecule has 5 rings (SSSR count). The topological polar surface area (TPSA) is 104 Å². The molecule has 1 heterocycles. The minimum Gasteiger partial charge on any atom is -0.510 e. The van der Waals surface area contributed by atoms with Crippen molar-refractivity contribution in [1.82, 2.24) is 20.1 Å². The highest BCUT2D eigenvalue weighted by atomic mass is 32.2. The summed E-state index contributed by atoms with van der Waals surface area (Å²) >= 11 is 1.22. The lowest BCUT2D eigenvalue weighted by Gasteiger charge is -2.14. The average molecular weight is 560 g/mol. The fourth-order valence-corrected chi connectivity index (χ4v) is 5.58. The molecule has 4 aromatic carbocycles. The zero-order chi connectivity index (χ0) is 28.8. The molecular formula is C33H29N5O2S. The third kappa shape index (κ3) is 6.32. The molecule has 41 heavy (non-hydrogen) atoms. The molecule has 1 aromatic heterocycles. The minimum atomic E-state index is -0.623. The van der Waals surface area contributed by atoms with Gasteiger partial charge in [-0.15, -0.1) is 10.2 Å². The van der Waals surface area contributed by atoms with Gasteiger partial charge in [-0.3, -0.25) is 9.36 Å². The van der Waals surface area contributed by atoms with Gasteiger partial charge in [0, 0.05) is 13.0 Å². The number of aliphatic hydroxyl groups is 1. The van der Waals surface area contributed by atoms with Gasteiger partial charge in [0.15, 0.2) is 10.7 Å². The van der Waals surface area contributed by atoms with E-state index in [2.05, 4.69) is 45.8 Å². The molecule has 8 heteroatoms. The molecule has 0 spiro atoms. The Morgan fingerprint density at radius 1 is 0.976 bits per heavy atom. The van der Waals surface area contributed by atoms with E-state index in [-0.39, 0.29) is 23.6 Å². The molecule has 0 aliphatic carbocycles. The summed E-state index contributed by atoms with van der Waals surface area (Å²) in [6.07, 6.45) is 0.551. The highest BCUT2D eigenvalue weighted by Crippen LogP contribution is 2.29. The first-order chi connectivity index (χ1) is 19.9. The lowest BCUT2D eigenvalue weighted by Crippen LogP contribution is -2.25. The Bertz CT molecular complexity index is 1780. The summed E-state index contributed by atoms with van der Waals surface area (Å²) in [5.74, 6) is -0.199. The Morgan fingerprint density at radius 2 is 1.73 bits per heavy atom. The third-order valence-corrected chi connectivity index (χ3v) is 7.72. The number of hydrogen-bond donors (Lipinski definition) is 2. The van der Waals surface area contributed by atoms with Crippen molar-refractivity contribution in [2.45, 2.75) is 32.0 Å². The first-order valence-corrected chi connectivity index (χ1v) is 14.2. The summed E-state index contributed by atoms with van der Waals surface area (Å²) in [5, 5.41) is 35.0. The van der Waals surface area contributed by atoms with Crippen molar-refractivity contribution in [3.8, 4) is 11.8 Å². The van der Waals surface area contributed by atoms with E-state index < -0.39 is 5.91 Å². The molecule has 2 N–H and O–H groups in total. The molecular weight excluding hydrogens is 530 g/mol. The molecule has 1 amide bonds. The number of aryl methyl sites for hydroxylation is 2. The molecule has 0 atom stereocenters. The predicted molar refractivity (Wildman–Crippen MR) is 162 cm³/mol. The van der Waals surface area contributed by atoms with Gasteiger partial charge < -0.3 is 10.4 Å². The van der Waals surface area contributed by atoms with Crippen LogP contribution in [0.25, 0.3) is 16.5 Å². The number of nitriles is 1. The molecule has 0 aliphatic heterocycles. The second kappa shape index (κ2) is 12.5. The molecule has 0 bridgehead atoms. The summed E-state index contributed by atoms with van der Waals surface area (Å²) in [4.78, 5) is 12.7. The van der Waals surface area contributed by atoms with Gasteiger partial charge in [0.05, 0.1) is 11.4 Å². The minimum absolute atomic E-state index is 0.0149. The maximum absolute atomic E-state index is 12.7. The largest absolute Gasteiger partial charge is 0.510 e. The second-order valence-electron chi connectivity index (χ2n) is 9.73. The van der Waals surface area contributed by atoms with Crippen LogP contribution in [0, 0.1) is 25.2 Å². The number of carbonyl (C=O) groups is 1. The SMILES string of the molecule is Cc1ccc(-n2c(Cc3cccc4ccccc34)nnc2SCC(O)=C(C#N)C(=O)NCc2ccccc2)c(C)c1. The number of nitrogens with zero attached hydrogens (tertiary/aromatic N) is 4. The maximum Gasteiger partial charge on any atom is 0.265 e. The number of amides is 1. The van der Waals surface area contributed by atoms with Crippen molar-refractivity contribution in [3.63, 3.8) is 0 Å². The Balaban J connectivity index is 1.43. The van der Waals surface area contributed by atoms with Crippen LogP contribution in [0.15, 0.2) is 107 Å². The van der Waals surface area contributed by atoms with Crippen molar-refractivity contribution < 1.29 is 9.90 Å². The van der Waals surface area contributed by atoms with Crippen LogP contribution >= 0.6 is 11.8 Å². The molecule has 0 saturated carbocycles. The number of benzene rings is 4. The van der Waals surface area contributed by atoms with Crippen LogP contribution in [0.5, 0.6) is 0 Å². The summed E-state index contributed by atoms with van der Waals surface area (Å²) in [5.41, 5.74) is 4.84. The monoisotopic (exact) mass is 559 g/mol. The molecule has 0 saturated heterocycles. The predicted octanol–water partition coefficient (Wildman–Crippen LogP) is 6.37. The normalized spacial score (nSPS) is 11.6. The number of aliphatic hydroxyl groups excluding tert-OH is 1. The molecule has 0 radical (unpaired) electrons. The average Bonchev–Trinajstić information content (AvgIpc) is 3.38. The summed E-state index contributed by atoms with van der Waals surface area (Å²) < 4.78 is 2.00. The molecule has 5 aromatic rings. The Morgan fingerprint density at radius 3 is 2.51 bits per heavy atom. The van der Waals surface area contributed by atoms with Crippen LogP contribution < -0.4 is 5.32 Å². The molecule has 7 nitrogen and oxygen atoms in total.